The fraction of sp³-hybridized carbons (Fsp3) is 0.333. The zero-order valence-corrected chi connectivity index (χ0v) is 13.0. The Kier molecular flexibility index (Phi) is 5.65. The number of halogens is 3. The third-order valence-corrected chi connectivity index (χ3v) is 3.91. The Morgan fingerprint density at radius 2 is 2.00 bits per heavy atom. The van der Waals surface area contributed by atoms with Crippen LogP contribution in [0.2, 0.25) is 5.02 Å². The van der Waals surface area contributed by atoms with Crippen LogP contribution in [-0.4, -0.2) is 31.1 Å². The van der Waals surface area contributed by atoms with Crippen LogP contribution in [0.1, 0.15) is 17.4 Å². The SMILES string of the molecule is Cl.Fc1ccc([C@@H](c2ccco2)N2CCNCC2)c(Cl)c1. The smallest absolute Gasteiger partial charge is 0.125 e. The lowest BCUT2D eigenvalue weighted by molar-refractivity contribution is 0.180. The maximum absolute atomic E-state index is 13.3. The van der Waals surface area contributed by atoms with Crippen LogP contribution in [0.4, 0.5) is 4.39 Å². The van der Waals surface area contributed by atoms with Crippen LogP contribution in [0, 0.1) is 5.82 Å². The second kappa shape index (κ2) is 7.27. The Balaban J connectivity index is 0.00000161. The minimum Gasteiger partial charge on any atom is -0.467 e. The number of benzene rings is 1. The van der Waals surface area contributed by atoms with Gasteiger partial charge in [0.15, 0.2) is 0 Å². The van der Waals surface area contributed by atoms with E-state index in [0.29, 0.717) is 5.02 Å². The van der Waals surface area contributed by atoms with Crippen molar-refractivity contribution in [2.75, 3.05) is 26.2 Å². The number of furan rings is 1. The number of rotatable bonds is 3. The Morgan fingerprint density at radius 3 is 2.62 bits per heavy atom. The minimum absolute atomic E-state index is 0. The molecular formula is C15H17Cl2FN2O. The molecular weight excluding hydrogens is 314 g/mol. The summed E-state index contributed by atoms with van der Waals surface area (Å²) in [6, 6.07) is 8.27. The number of nitrogens with zero attached hydrogens (tertiary/aromatic N) is 1. The first-order chi connectivity index (χ1) is 9.75. The van der Waals surface area contributed by atoms with Crippen molar-refractivity contribution in [3.8, 4) is 0 Å². The molecule has 0 radical (unpaired) electrons. The van der Waals surface area contributed by atoms with Crippen molar-refractivity contribution in [1.29, 1.82) is 0 Å². The molecule has 1 N–H and O–H groups in total. The number of nitrogens with one attached hydrogen (secondary N) is 1. The lowest BCUT2D eigenvalue weighted by Crippen LogP contribution is -2.45. The third-order valence-electron chi connectivity index (χ3n) is 3.59. The fourth-order valence-electron chi connectivity index (χ4n) is 2.64. The first kappa shape index (κ1) is 16.3. The van der Waals surface area contributed by atoms with Crippen molar-refractivity contribution < 1.29 is 8.81 Å². The first-order valence-corrected chi connectivity index (χ1v) is 7.06. The Labute approximate surface area is 134 Å². The highest BCUT2D eigenvalue weighted by molar-refractivity contribution is 6.31. The van der Waals surface area contributed by atoms with Gasteiger partial charge >= 0.3 is 0 Å². The molecule has 3 rings (SSSR count). The maximum atomic E-state index is 13.3. The number of hydrogen-bond donors (Lipinski definition) is 1. The summed E-state index contributed by atoms with van der Waals surface area (Å²) in [5.41, 5.74) is 0.880. The van der Waals surface area contributed by atoms with Gasteiger partial charge in [-0.15, -0.1) is 12.4 Å². The molecule has 2 heterocycles. The van der Waals surface area contributed by atoms with E-state index in [1.54, 1.807) is 12.3 Å². The van der Waals surface area contributed by atoms with Crippen molar-refractivity contribution in [3.63, 3.8) is 0 Å². The van der Waals surface area contributed by atoms with E-state index >= 15 is 0 Å². The largest absolute Gasteiger partial charge is 0.467 e. The summed E-state index contributed by atoms with van der Waals surface area (Å²) in [6.45, 7) is 3.66. The molecule has 1 aliphatic heterocycles. The summed E-state index contributed by atoms with van der Waals surface area (Å²) in [6.07, 6.45) is 1.65. The van der Waals surface area contributed by atoms with Gasteiger partial charge in [-0.2, -0.15) is 0 Å². The van der Waals surface area contributed by atoms with Gasteiger partial charge in [0.1, 0.15) is 11.6 Å². The Morgan fingerprint density at radius 1 is 1.24 bits per heavy atom. The highest BCUT2D eigenvalue weighted by Gasteiger charge is 2.27. The molecule has 0 amide bonds. The first-order valence-electron chi connectivity index (χ1n) is 6.69. The van der Waals surface area contributed by atoms with Crippen LogP contribution in [0.5, 0.6) is 0 Å². The summed E-state index contributed by atoms with van der Waals surface area (Å²) in [5, 5.41) is 3.76. The zero-order chi connectivity index (χ0) is 13.9. The van der Waals surface area contributed by atoms with Crippen LogP contribution in [0.3, 0.4) is 0 Å². The van der Waals surface area contributed by atoms with Crippen LogP contribution < -0.4 is 5.32 Å². The van der Waals surface area contributed by atoms with E-state index in [9.17, 15) is 4.39 Å². The highest BCUT2D eigenvalue weighted by Crippen LogP contribution is 2.34. The number of piperazine rings is 1. The van der Waals surface area contributed by atoms with Crippen molar-refractivity contribution in [3.05, 3.63) is 58.8 Å². The van der Waals surface area contributed by atoms with Gasteiger partial charge in [0.2, 0.25) is 0 Å². The average molecular weight is 331 g/mol. The van der Waals surface area contributed by atoms with E-state index < -0.39 is 0 Å². The molecule has 0 aliphatic carbocycles. The zero-order valence-electron chi connectivity index (χ0n) is 11.4. The molecule has 0 spiro atoms. The monoisotopic (exact) mass is 330 g/mol. The predicted octanol–water partition coefficient (Wildman–Crippen LogP) is 3.49. The molecule has 1 aromatic heterocycles. The molecule has 1 saturated heterocycles. The molecule has 3 nitrogen and oxygen atoms in total. The molecule has 21 heavy (non-hydrogen) atoms. The van der Waals surface area contributed by atoms with E-state index in [1.165, 1.54) is 12.1 Å². The van der Waals surface area contributed by atoms with E-state index in [-0.39, 0.29) is 24.3 Å². The molecule has 0 unspecified atom stereocenters. The summed E-state index contributed by atoms with van der Waals surface area (Å²) < 4.78 is 18.8. The molecule has 0 bridgehead atoms. The molecule has 1 aliphatic rings. The van der Waals surface area contributed by atoms with Crippen molar-refractivity contribution in [1.82, 2.24) is 10.2 Å². The van der Waals surface area contributed by atoms with Gasteiger partial charge in [0, 0.05) is 31.2 Å². The minimum atomic E-state index is -0.322. The molecule has 2 aromatic rings. The van der Waals surface area contributed by atoms with Gasteiger partial charge in [-0.25, -0.2) is 4.39 Å². The molecule has 1 aromatic carbocycles. The summed E-state index contributed by atoms with van der Waals surface area (Å²) in [5.74, 6) is 0.512. The van der Waals surface area contributed by atoms with Gasteiger partial charge in [-0.1, -0.05) is 17.7 Å². The van der Waals surface area contributed by atoms with Crippen molar-refractivity contribution >= 4 is 24.0 Å². The van der Waals surface area contributed by atoms with Crippen LogP contribution >= 0.6 is 24.0 Å². The van der Waals surface area contributed by atoms with Crippen LogP contribution in [0.25, 0.3) is 0 Å². The van der Waals surface area contributed by atoms with E-state index in [0.717, 1.165) is 37.5 Å². The Hall–Kier alpha value is -1.07. The van der Waals surface area contributed by atoms with E-state index in [1.807, 2.05) is 12.1 Å². The predicted molar refractivity (Wildman–Crippen MR) is 83.7 cm³/mol. The van der Waals surface area contributed by atoms with E-state index in [4.69, 9.17) is 16.0 Å². The summed E-state index contributed by atoms with van der Waals surface area (Å²) in [7, 11) is 0. The van der Waals surface area contributed by atoms with Crippen LogP contribution in [0.15, 0.2) is 41.0 Å². The van der Waals surface area contributed by atoms with Gasteiger partial charge in [0.25, 0.3) is 0 Å². The van der Waals surface area contributed by atoms with Gasteiger partial charge in [0.05, 0.1) is 12.3 Å². The highest BCUT2D eigenvalue weighted by atomic mass is 35.5. The van der Waals surface area contributed by atoms with Crippen LogP contribution in [-0.2, 0) is 0 Å². The topological polar surface area (TPSA) is 28.4 Å². The van der Waals surface area contributed by atoms with Crippen molar-refractivity contribution in [2.45, 2.75) is 6.04 Å². The summed E-state index contributed by atoms with van der Waals surface area (Å²) in [4.78, 5) is 2.30. The molecule has 0 saturated carbocycles. The Bertz CT molecular complexity index is 571. The maximum Gasteiger partial charge on any atom is 0.125 e. The second-order valence-corrected chi connectivity index (χ2v) is 5.28. The summed E-state index contributed by atoms with van der Waals surface area (Å²) >= 11 is 6.24. The fourth-order valence-corrected chi connectivity index (χ4v) is 2.91. The average Bonchev–Trinajstić information content (AvgIpc) is 2.97. The van der Waals surface area contributed by atoms with Gasteiger partial charge in [-0.05, 0) is 29.8 Å². The normalized spacial score (nSPS) is 17.2. The molecule has 6 heteroatoms. The quantitative estimate of drug-likeness (QED) is 0.933. The van der Waals surface area contributed by atoms with Crippen molar-refractivity contribution in [2.24, 2.45) is 0 Å². The standard InChI is InChI=1S/C15H16ClFN2O.ClH/c16-13-10-11(17)3-4-12(13)15(14-2-1-9-20-14)19-7-5-18-6-8-19;/h1-4,9-10,15,18H,5-8H2;1H/t15-;/m0./s1. The van der Waals surface area contributed by atoms with Gasteiger partial charge in [-0.3, -0.25) is 4.90 Å². The molecule has 1 atom stereocenters. The van der Waals surface area contributed by atoms with E-state index in [2.05, 4.69) is 10.2 Å². The number of hydrogen-bond acceptors (Lipinski definition) is 3. The lowest BCUT2D eigenvalue weighted by atomic mass is 10.0. The molecule has 1 fully saturated rings. The third kappa shape index (κ3) is 3.58. The second-order valence-electron chi connectivity index (χ2n) is 4.87. The molecule has 114 valence electrons. The lowest BCUT2D eigenvalue weighted by Gasteiger charge is -2.34. The van der Waals surface area contributed by atoms with Gasteiger partial charge < -0.3 is 9.73 Å².